The van der Waals surface area contributed by atoms with Crippen LogP contribution < -0.4 is 5.73 Å². The lowest BCUT2D eigenvalue weighted by Crippen LogP contribution is -2.23. The Kier molecular flexibility index (Phi) is 3.72. The predicted octanol–water partition coefficient (Wildman–Crippen LogP) is 2.74. The topological polar surface area (TPSA) is 94.7 Å². The molecular formula is C19H17N5O. The van der Waals surface area contributed by atoms with Crippen LogP contribution in [0.5, 0.6) is 0 Å². The Morgan fingerprint density at radius 3 is 2.76 bits per heavy atom. The minimum atomic E-state index is 0.0342. The Hall–Kier alpha value is -3.15. The number of aromatic nitrogens is 4. The van der Waals surface area contributed by atoms with Gasteiger partial charge in [0, 0.05) is 24.4 Å². The second-order valence-corrected chi connectivity index (χ2v) is 6.20. The summed E-state index contributed by atoms with van der Waals surface area (Å²) in [5.74, 6) is 0.316. The Balaban J connectivity index is 1.79. The molecular weight excluding hydrogens is 314 g/mol. The molecule has 3 aromatic rings. The summed E-state index contributed by atoms with van der Waals surface area (Å²) in [6.45, 7) is 1.81. The number of nitrogen functional groups attached to an aromatic ring is 1. The first-order chi connectivity index (χ1) is 12.1. The van der Waals surface area contributed by atoms with Gasteiger partial charge in [0.1, 0.15) is 0 Å². The lowest BCUT2D eigenvalue weighted by molar-refractivity contribution is 0.0962. The van der Waals surface area contributed by atoms with Gasteiger partial charge in [-0.2, -0.15) is 0 Å². The second-order valence-electron chi connectivity index (χ2n) is 6.20. The number of carbonyl (C=O) groups excluding carboxylic acids is 1. The molecule has 0 saturated carbocycles. The highest BCUT2D eigenvalue weighted by atomic mass is 16.1. The third-order valence-corrected chi connectivity index (χ3v) is 4.57. The number of hydrogen-bond acceptors (Lipinski definition) is 6. The highest BCUT2D eigenvalue weighted by Gasteiger charge is 2.31. The third-order valence-electron chi connectivity index (χ3n) is 4.57. The van der Waals surface area contributed by atoms with Gasteiger partial charge in [-0.25, -0.2) is 9.97 Å². The summed E-state index contributed by atoms with van der Waals surface area (Å²) in [5, 5.41) is 0. The van der Waals surface area contributed by atoms with E-state index < -0.39 is 0 Å². The molecule has 4 rings (SSSR count). The maximum absolute atomic E-state index is 12.7. The highest BCUT2D eigenvalue weighted by molar-refractivity contribution is 6.00. The van der Waals surface area contributed by atoms with Crippen molar-refractivity contribution in [3.05, 3.63) is 65.4 Å². The van der Waals surface area contributed by atoms with E-state index in [0.29, 0.717) is 24.1 Å². The first kappa shape index (κ1) is 15.4. The third kappa shape index (κ3) is 2.76. The van der Waals surface area contributed by atoms with E-state index in [1.165, 1.54) is 0 Å². The molecule has 6 nitrogen and oxygen atoms in total. The van der Waals surface area contributed by atoms with Crippen molar-refractivity contribution in [3.8, 4) is 11.3 Å². The molecule has 1 atom stereocenters. The van der Waals surface area contributed by atoms with Crippen LogP contribution in [0.4, 0.5) is 5.95 Å². The fourth-order valence-electron chi connectivity index (χ4n) is 3.54. The van der Waals surface area contributed by atoms with Gasteiger partial charge in [-0.15, -0.1) is 0 Å². The SMILES string of the molecule is Cc1nc(N)nc2c1C(=O)CC(c1ccccc1-c1cnccn1)C2. The molecule has 2 heterocycles. The maximum atomic E-state index is 12.7. The number of carbonyl (C=O) groups is 1. The van der Waals surface area contributed by atoms with E-state index in [0.717, 1.165) is 22.5 Å². The van der Waals surface area contributed by atoms with Crippen LogP contribution in [0.3, 0.4) is 0 Å². The minimum Gasteiger partial charge on any atom is -0.368 e. The Morgan fingerprint density at radius 2 is 1.96 bits per heavy atom. The summed E-state index contributed by atoms with van der Waals surface area (Å²) in [5.41, 5.74) is 10.7. The molecule has 0 spiro atoms. The van der Waals surface area contributed by atoms with Crippen molar-refractivity contribution in [3.63, 3.8) is 0 Å². The Bertz CT molecular complexity index is 955. The van der Waals surface area contributed by atoms with Gasteiger partial charge in [0.05, 0.1) is 28.8 Å². The molecule has 124 valence electrons. The number of fused-ring (bicyclic) bond motifs is 1. The van der Waals surface area contributed by atoms with E-state index in [-0.39, 0.29) is 17.6 Å². The van der Waals surface area contributed by atoms with Gasteiger partial charge in [0.25, 0.3) is 0 Å². The first-order valence-electron chi connectivity index (χ1n) is 8.15. The van der Waals surface area contributed by atoms with E-state index in [1.807, 2.05) is 31.2 Å². The van der Waals surface area contributed by atoms with E-state index in [9.17, 15) is 4.79 Å². The number of benzene rings is 1. The van der Waals surface area contributed by atoms with E-state index in [1.54, 1.807) is 18.6 Å². The van der Waals surface area contributed by atoms with Crippen LogP contribution in [0.25, 0.3) is 11.3 Å². The molecule has 1 unspecified atom stereocenters. The van der Waals surface area contributed by atoms with Crippen LogP contribution in [-0.4, -0.2) is 25.7 Å². The van der Waals surface area contributed by atoms with Crippen molar-refractivity contribution in [2.75, 3.05) is 5.73 Å². The standard InChI is InChI=1S/C19H17N5O/c1-11-18-15(24-19(20)23-11)8-12(9-17(18)25)13-4-2-3-5-14(13)16-10-21-6-7-22-16/h2-7,10,12H,8-9H2,1H3,(H2,20,23,24). The molecule has 0 fully saturated rings. The number of nitrogens with two attached hydrogens (primary N) is 1. The van der Waals surface area contributed by atoms with Crippen LogP contribution in [-0.2, 0) is 6.42 Å². The molecule has 25 heavy (non-hydrogen) atoms. The second kappa shape index (κ2) is 6.05. The maximum Gasteiger partial charge on any atom is 0.220 e. The van der Waals surface area contributed by atoms with Gasteiger partial charge in [-0.1, -0.05) is 24.3 Å². The van der Waals surface area contributed by atoms with Gasteiger partial charge in [-0.05, 0) is 24.8 Å². The lowest BCUT2D eigenvalue weighted by atomic mass is 9.79. The predicted molar refractivity (Wildman–Crippen MR) is 94.0 cm³/mol. The largest absolute Gasteiger partial charge is 0.368 e. The van der Waals surface area contributed by atoms with Crippen molar-refractivity contribution < 1.29 is 4.79 Å². The van der Waals surface area contributed by atoms with Gasteiger partial charge < -0.3 is 5.73 Å². The molecule has 0 bridgehead atoms. The normalized spacial score (nSPS) is 16.5. The average Bonchev–Trinajstić information content (AvgIpc) is 2.61. The number of anilines is 1. The molecule has 0 saturated heterocycles. The van der Waals surface area contributed by atoms with Crippen molar-refractivity contribution in [1.82, 2.24) is 19.9 Å². The van der Waals surface area contributed by atoms with E-state index >= 15 is 0 Å². The Labute approximate surface area is 145 Å². The fraction of sp³-hybridized carbons (Fsp3) is 0.211. The van der Waals surface area contributed by atoms with Crippen LogP contribution >= 0.6 is 0 Å². The highest BCUT2D eigenvalue weighted by Crippen LogP contribution is 2.37. The van der Waals surface area contributed by atoms with Gasteiger partial charge >= 0.3 is 0 Å². The average molecular weight is 331 g/mol. The zero-order valence-electron chi connectivity index (χ0n) is 13.8. The molecule has 0 aliphatic heterocycles. The number of Topliss-reactive ketones (excluding diaryl/α,β-unsaturated/α-hetero) is 1. The fourth-order valence-corrected chi connectivity index (χ4v) is 3.54. The summed E-state index contributed by atoms with van der Waals surface area (Å²) in [7, 11) is 0. The molecule has 0 radical (unpaired) electrons. The zero-order chi connectivity index (χ0) is 17.4. The molecule has 2 aromatic heterocycles. The summed E-state index contributed by atoms with van der Waals surface area (Å²) in [6.07, 6.45) is 6.14. The van der Waals surface area contributed by atoms with Crippen molar-refractivity contribution in [2.45, 2.75) is 25.7 Å². The first-order valence-corrected chi connectivity index (χ1v) is 8.15. The minimum absolute atomic E-state index is 0.0342. The number of hydrogen-bond donors (Lipinski definition) is 1. The van der Waals surface area contributed by atoms with Crippen molar-refractivity contribution in [1.29, 1.82) is 0 Å². The lowest BCUT2D eigenvalue weighted by Gasteiger charge is -2.25. The zero-order valence-corrected chi connectivity index (χ0v) is 13.8. The summed E-state index contributed by atoms with van der Waals surface area (Å²) < 4.78 is 0. The molecule has 1 aromatic carbocycles. The summed E-state index contributed by atoms with van der Waals surface area (Å²) >= 11 is 0. The summed E-state index contributed by atoms with van der Waals surface area (Å²) in [4.78, 5) is 29.7. The monoisotopic (exact) mass is 331 g/mol. The van der Waals surface area contributed by atoms with Gasteiger partial charge in [0.2, 0.25) is 5.95 Å². The van der Waals surface area contributed by atoms with Gasteiger partial charge in [-0.3, -0.25) is 14.8 Å². The molecule has 6 heteroatoms. The molecule has 1 aliphatic rings. The Morgan fingerprint density at radius 1 is 1.12 bits per heavy atom. The molecule has 0 amide bonds. The quantitative estimate of drug-likeness (QED) is 0.776. The van der Waals surface area contributed by atoms with E-state index in [2.05, 4.69) is 19.9 Å². The summed E-state index contributed by atoms with van der Waals surface area (Å²) in [6, 6.07) is 8.01. The van der Waals surface area contributed by atoms with Crippen molar-refractivity contribution in [2.24, 2.45) is 0 Å². The number of aryl methyl sites for hydroxylation is 1. The van der Waals surface area contributed by atoms with Crippen LogP contribution in [0.1, 0.15) is 39.6 Å². The number of ketones is 1. The number of nitrogens with zero attached hydrogens (tertiary/aromatic N) is 4. The van der Waals surface area contributed by atoms with Gasteiger partial charge in [0.15, 0.2) is 5.78 Å². The van der Waals surface area contributed by atoms with E-state index in [4.69, 9.17) is 5.73 Å². The van der Waals surface area contributed by atoms with Crippen LogP contribution in [0.15, 0.2) is 42.9 Å². The molecule has 2 N–H and O–H groups in total. The number of rotatable bonds is 2. The molecule has 1 aliphatic carbocycles. The van der Waals surface area contributed by atoms with Crippen LogP contribution in [0, 0.1) is 6.92 Å². The van der Waals surface area contributed by atoms with Crippen LogP contribution in [0.2, 0.25) is 0 Å². The van der Waals surface area contributed by atoms with Crippen molar-refractivity contribution >= 4 is 11.7 Å². The smallest absolute Gasteiger partial charge is 0.220 e.